The highest BCUT2D eigenvalue weighted by Crippen LogP contribution is 2.24. The van der Waals surface area contributed by atoms with Gasteiger partial charge in [0.1, 0.15) is 5.60 Å². The van der Waals surface area contributed by atoms with Crippen LogP contribution in [-0.2, 0) is 4.74 Å². The van der Waals surface area contributed by atoms with Crippen molar-refractivity contribution in [3.63, 3.8) is 0 Å². The number of hydrogen-bond acceptors (Lipinski definition) is 4. The summed E-state index contributed by atoms with van der Waals surface area (Å²) in [5.74, 6) is -0.0645. The van der Waals surface area contributed by atoms with Gasteiger partial charge in [0, 0.05) is 24.3 Å². The number of carbonyl (C=O) groups excluding carboxylic acids is 2. The Morgan fingerprint density at radius 2 is 2.24 bits per heavy atom. The number of benzene rings is 1. The Balaban J connectivity index is 1.90. The van der Waals surface area contributed by atoms with Crippen LogP contribution in [-0.4, -0.2) is 41.8 Å². The molecule has 0 radical (unpaired) electrons. The Labute approximate surface area is 123 Å². The number of rotatable bonds is 4. The zero-order valence-electron chi connectivity index (χ0n) is 12.2. The van der Waals surface area contributed by atoms with Crippen molar-refractivity contribution in [1.29, 1.82) is 0 Å². The first-order valence-electron chi connectivity index (χ1n) is 6.90. The van der Waals surface area contributed by atoms with Gasteiger partial charge in [0.15, 0.2) is 5.78 Å². The fourth-order valence-corrected chi connectivity index (χ4v) is 2.23. The van der Waals surface area contributed by atoms with Crippen LogP contribution in [0.4, 0.5) is 10.5 Å². The van der Waals surface area contributed by atoms with E-state index in [1.165, 1.54) is 6.92 Å². The van der Waals surface area contributed by atoms with Crippen LogP contribution in [0.1, 0.15) is 30.6 Å². The molecular formula is C15H20N2O4. The van der Waals surface area contributed by atoms with Gasteiger partial charge >= 0.3 is 6.03 Å². The molecule has 1 fully saturated rings. The Bertz CT molecular complexity index is 546. The molecule has 2 atom stereocenters. The van der Waals surface area contributed by atoms with Crippen molar-refractivity contribution in [3.8, 4) is 0 Å². The van der Waals surface area contributed by atoms with Crippen LogP contribution in [0.2, 0.25) is 0 Å². The van der Waals surface area contributed by atoms with Crippen molar-refractivity contribution in [2.45, 2.75) is 32.0 Å². The van der Waals surface area contributed by atoms with Gasteiger partial charge in [-0.3, -0.25) is 4.79 Å². The van der Waals surface area contributed by atoms with Gasteiger partial charge in [-0.05, 0) is 26.0 Å². The fourth-order valence-electron chi connectivity index (χ4n) is 2.23. The topological polar surface area (TPSA) is 87.7 Å². The maximum absolute atomic E-state index is 11.8. The number of urea groups is 1. The Kier molecular flexibility index (Phi) is 4.59. The maximum atomic E-state index is 11.8. The van der Waals surface area contributed by atoms with Crippen molar-refractivity contribution >= 4 is 17.5 Å². The molecule has 1 heterocycles. The zero-order valence-corrected chi connectivity index (χ0v) is 12.2. The molecule has 1 aliphatic heterocycles. The Hall–Kier alpha value is -1.92. The van der Waals surface area contributed by atoms with Crippen LogP contribution in [0, 0.1) is 0 Å². The molecule has 3 N–H and O–H groups in total. The van der Waals surface area contributed by atoms with E-state index in [0.717, 1.165) is 0 Å². The highest BCUT2D eigenvalue weighted by Gasteiger charge is 2.39. The molecule has 0 saturated carbocycles. The molecule has 0 aliphatic carbocycles. The number of amides is 2. The van der Waals surface area contributed by atoms with Crippen LogP contribution in [0.5, 0.6) is 0 Å². The largest absolute Gasteiger partial charge is 0.385 e. The van der Waals surface area contributed by atoms with Crippen molar-refractivity contribution in [1.82, 2.24) is 5.32 Å². The van der Waals surface area contributed by atoms with Gasteiger partial charge in [-0.1, -0.05) is 12.1 Å². The first-order chi connectivity index (χ1) is 9.90. The number of aliphatic hydroxyl groups is 1. The first kappa shape index (κ1) is 15.5. The van der Waals surface area contributed by atoms with Crippen molar-refractivity contribution in [2.24, 2.45) is 0 Å². The number of nitrogens with one attached hydrogen (secondary N) is 2. The van der Waals surface area contributed by atoms with Crippen molar-refractivity contribution in [2.75, 3.05) is 18.5 Å². The van der Waals surface area contributed by atoms with Gasteiger partial charge in [0.2, 0.25) is 0 Å². The summed E-state index contributed by atoms with van der Waals surface area (Å²) in [5, 5.41) is 15.5. The number of Topliss-reactive ketones (excluding diaryl/α,β-unsaturated/α-hetero) is 1. The minimum Gasteiger partial charge on any atom is -0.385 e. The normalized spacial score (nSPS) is 24.6. The summed E-state index contributed by atoms with van der Waals surface area (Å²) in [6.45, 7) is 3.85. The summed E-state index contributed by atoms with van der Waals surface area (Å²) in [6.07, 6.45) is 0.188. The molecule has 1 aromatic rings. The molecule has 6 nitrogen and oxygen atoms in total. The molecule has 1 saturated heterocycles. The number of carbonyl (C=O) groups is 2. The van der Waals surface area contributed by atoms with E-state index in [4.69, 9.17) is 4.74 Å². The third-order valence-electron chi connectivity index (χ3n) is 3.74. The summed E-state index contributed by atoms with van der Waals surface area (Å²) < 4.78 is 5.30. The molecule has 114 valence electrons. The van der Waals surface area contributed by atoms with Crippen LogP contribution in [0.3, 0.4) is 0 Å². The van der Waals surface area contributed by atoms with E-state index in [1.807, 2.05) is 0 Å². The molecule has 1 aromatic carbocycles. The van der Waals surface area contributed by atoms with Gasteiger partial charge in [-0.15, -0.1) is 0 Å². The molecule has 1 aliphatic rings. The van der Waals surface area contributed by atoms with Gasteiger partial charge < -0.3 is 20.5 Å². The van der Waals surface area contributed by atoms with Crippen molar-refractivity contribution in [3.05, 3.63) is 29.8 Å². The lowest BCUT2D eigenvalue weighted by molar-refractivity contribution is -0.0241. The lowest BCUT2D eigenvalue weighted by Gasteiger charge is -2.26. The van der Waals surface area contributed by atoms with E-state index in [2.05, 4.69) is 10.6 Å². The van der Waals surface area contributed by atoms with Gasteiger partial charge in [-0.2, -0.15) is 0 Å². The van der Waals surface area contributed by atoms with E-state index in [-0.39, 0.29) is 18.4 Å². The second-order valence-electron chi connectivity index (χ2n) is 5.31. The summed E-state index contributed by atoms with van der Waals surface area (Å²) in [7, 11) is 0. The monoisotopic (exact) mass is 292 g/mol. The highest BCUT2D eigenvalue weighted by molar-refractivity contribution is 5.96. The lowest BCUT2D eigenvalue weighted by atomic mass is 9.97. The predicted octanol–water partition coefficient (Wildman–Crippen LogP) is 1.55. The fraction of sp³-hybridized carbons (Fsp3) is 0.467. The van der Waals surface area contributed by atoms with Gasteiger partial charge in [-0.25, -0.2) is 4.79 Å². The Morgan fingerprint density at radius 3 is 2.86 bits per heavy atom. The zero-order chi connectivity index (χ0) is 15.5. The van der Waals surface area contributed by atoms with E-state index in [9.17, 15) is 14.7 Å². The number of ketones is 1. The smallest absolute Gasteiger partial charge is 0.319 e. The number of anilines is 1. The molecule has 2 rings (SSSR count). The molecule has 0 aromatic heterocycles. The van der Waals surface area contributed by atoms with Crippen LogP contribution in [0.25, 0.3) is 0 Å². The third kappa shape index (κ3) is 3.80. The maximum Gasteiger partial charge on any atom is 0.319 e. The first-order valence-corrected chi connectivity index (χ1v) is 6.90. The van der Waals surface area contributed by atoms with E-state index in [0.29, 0.717) is 24.3 Å². The summed E-state index contributed by atoms with van der Waals surface area (Å²) in [4.78, 5) is 23.1. The summed E-state index contributed by atoms with van der Waals surface area (Å²) in [5.41, 5.74) is 0.0330. The Morgan fingerprint density at radius 1 is 1.48 bits per heavy atom. The standard InChI is InChI=1S/C15H20N2O4/c1-10(18)12-4-3-5-13(8-12)17-14(19)16-9-15(20)6-7-21-11(15)2/h3-5,8,11,20H,6-7,9H2,1-2H3,(H2,16,17,19). The SMILES string of the molecule is CC(=O)c1cccc(NC(=O)NCC2(O)CCOC2C)c1. The molecule has 2 amide bonds. The molecule has 21 heavy (non-hydrogen) atoms. The van der Waals surface area contributed by atoms with Gasteiger partial charge in [0.25, 0.3) is 0 Å². The molecule has 0 bridgehead atoms. The minimum atomic E-state index is -1.03. The molecule has 0 spiro atoms. The van der Waals surface area contributed by atoms with Crippen molar-refractivity contribution < 1.29 is 19.4 Å². The van der Waals surface area contributed by atoms with Crippen LogP contribution < -0.4 is 10.6 Å². The quantitative estimate of drug-likeness (QED) is 0.735. The van der Waals surface area contributed by atoms with E-state index < -0.39 is 11.6 Å². The third-order valence-corrected chi connectivity index (χ3v) is 3.74. The van der Waals surface area contributed by atoms with Crippen LogP contribution >= 0.6 is 0 Å². The second-order valence-corrected chi connectivity index (χ2v) is 5.31. The average Bonchev–Trinajstić information content (AvgIpc) is 2.77. The second kappa shape index (κ2) is 6.24. The molecule has 6 heteroatoms. The minimum absolute atomic E-state index is 0.0645. The molecular weight excluding hydrogens is 272 g/mol. The van der Waals surface area contributed by atoms with E-state index in [1.54, 1.807) is 31.2 Å². The molecule has 2 unspecified atom stereocenters. The lowest BCUT2D eigenvalue weighted by Crippen LogP contribution is -2.48. The van der Waals surface area contributed by atoms with E-state index >= 15 is 0 Å². The highest BCUT2D eigenvalue weighted by atomic mass is 16.5. The summed E-state index contributed by atoms with van der Waals surface area (Å²) >= 11 is 0. The number of hydrogen-bond donors (Lipinski definition) is 3. The van der Waals surface area contributed by atoms with Crippen LogP contribution in [0.15, 0.2) is 24.3 Å². The van der Waals surface area contributed by atoms with Gasteiger partial charge in [0.05, 0.1) is 12.6 Å². The average molecular weight is 292 g/mol. The predicted molar refractivity (Wildman–Crippen MR) is 78.4 cm³/mol. The number of ether oxygens (including phenoxy) is 1. The summed E-state index contributed by atoms with van der Waals surface area (Å²) in [6, 6.07) is 6.27.